The van der Waals surface area contributed by atoms with Gasteiger partial charge >= 0.3 is 6.18 Å². The highest BCUT2D eigenvalue weighted by Gasteiger charge is 2.31. The smallest absolute Gasteiger partial charge is 0.372 e. The average Bonchev–Trinajstić information content (AvgIpc) is 2.60. The number of amides is 2. The Labute approximate surface area is 171 Å². The Bertz CT molecular complexity index is 884. The van der Waals surface area contributed by atoms with Crippen molar-refractivity contribution >= 4 is 40.5 Å². The molecular weight excluding hydrogens is 407 g/mol. The second kappa shape index (κ2) is 9.17. The quantitative estimate of drug-likeness (QED) is 0.578. The maximum Gasteiger partial charge on any atom is 0.416 e. The van der Waals surface area contributed by atoms with Gasteiger partial charge in [0.25, 0.3) is 0 Å². The number of hydrogen-bond acceptors (Lipinski definition) is 3. The van der Waals surface area contributed by atoms with E-state index in [1.165, 1.54) is 13.0 Å². The first kappa shape index (κ1) is 22.5. The normalized spacial score (nSPS) is 12.4. The van der Waals surface area contributed by atoms with E-state index in [4.69, 9.17) is 11.6 Å². The topological polar surface area (TPSA) is 70.2 Å². The van der Waals surface area contributed by atoms with Gasteiger partial charge in [-0.3, -0.25) is 9.59 Å². The van der Waals surface area contributed by atoms with Crippen LogP contribution in [0, 0.1) is 5.92 Å². The Morgan fingerprint density at radius 2 is 1.52 bits per heavy atom. The Kier molecular flexibility index (Phi) is 7.13. The predicted molar refractivity (Wildman–Crippen MR) is 108 cm³/mol. The number of hydrogen-bond donors (Lipinski definition) is 3. The molecule has 29 heavy (non-hydrogen) atoms. The molecule has 5 nitrogen and oxygen atoms in total. The van der Waals surface area contributed by atoms with Crippen molar-refractivity contribution in [1.82, 2.24) is 0 Å². The molecule has 0 radical (unpaired) electrons. The van der Waals surface area contributed by atoms with Crippen molar-refractivity contribution in [3.05, 3.63) is 53.1 Å². The Hall–Kier alpha value is -2.74. The summed E-state index contributed by atoms with van der Waals surface area (Å²) in [7, 11) is 0. The maximum atomic E-state index is 12.8. The fraction of sp³-hybridized carbons (Fsp3) is 0.300. The van der Waals surface area contributed by atoms with Gasteiger partial charge in [-0.2, -0.15) is 13.2 Å². The molecule has 9 heteroatoms. The molecule has 0 heterocycles. The molecule has 0 aliphatic carbocycles. The van der Waals surface area contributed by atoms with Gasteiger partial charge in [0, 0.05) is 18.3 Å². The summed E-state index contributed by atoms with van der Waals surface area (Å²) in [5.41, 5.74) is 0.466. The third kappa shape index (κ3) is 6.39. The molecule has 0 aromatic heterocycles. The van der Waals surface area contributed by atoms with Gasteiger partial charge in [0.1, 0.15) is 6.04 Å². The van der Waals surface area contributed by atoms with Crippen molar-refractivity contribution in [1.29, 1.82) is 0 Å². The summed E-state index contributed by atoms with van der Waals surface area (Å²) < 4.78 is 38.4. The Morgan fingerprint density at radius 1 is 0.966 bits per heavy atom. The van der Waals surface area contributed by atoms with Crippen molar-refractivity contribution < 1.29 is 22.8 Å². The van der Waals surface area contributed by atoms with Crippen LogP contribution in [0.4, 0.5) is 30.2 Å². The van der Waals surface area contributed by atoms with E-state index >= 15 is 0 Å². The van der Waals surface area contributed by atoms with Gasteiger partial charge in [-0.25, -0.2) is 0 Å². The zero-order valence-electron chi connectivity index (χ0n) is 16.0. The molecule has 0 saturated heterocycles. The SMILES string of the molecule is CC(=O)Nc1ccc(NC(=O)[C@@H](Nc2ccc(C(F)(F)F)cc2Cl)C(C)C)cc1. The summed E-state index contributed by atoms with van der Waals surface area (Å²) >= 11 is 5.98. The van der Waals surface area contributed by atoms with Crippen LogP contribution in [-0.2, 0) is 15.8 Å². The van der Waals surface area contributed by atoms with Gasteiger partial charge in [-0.05, 0) is 48.4 Å². The van der Waals surface area contributed by atoms with Crippen molar-refractivity contribution in [3.63, 3.8) is 0 Å². The van der Waals surface area contributed by atoms with Gasteiger partial charge in [-0.1, -0.05) is 25.4 Å². The van der Waals surface area contributed by atoms with Gasteiger partial charge in [0.2, 0.25) is 11.8 Å². The number of nitrogens with one attached hydrogen (secondary N) is 3. The van der Waals surface area contributed by atoms with E-state index in [2.05, 4.69) is 16.0 Å². The molecule has 0 spiro atoms. The fourth-order valence-corrected chi connectivity index (χ4v) is 2.81. The first-order valence-electron chi connectivity index (χ1n) is 8.79. The third-order valence-corrected chi connectivity index (χ3v) is 4.34. The highest BCUT2D eigenvalue weighted by Crippen LogP contribution is 2.34. The fourth-order valence-electron chi connectivity index (χ4n) is 2.57. The van der Waals surface area contributed by atoms with Gasteiger partial charge in [-0.15, -0.1) is 0 Å². The predicted octanol–water partition coefficient (Wildman–Crippen LogP) is 5.39. The lowest BCUT2D eigenvalue weighted by Gasteiger charge is -2.24. The first-order valence-corrected chi connectivity index (χ1v) is 9.17. The lowest BCUT2D eigenvalue weighted by atomic mass is 10.0. The average molecular weight is 428 g/mol. The van der Waals surface area contributed by atoms with Crippen LogP contribution in [0.3, 0.4) is 0 Å². The van der Waals surface area contributed by atoms with Crippen molar-refractivity contribution in [2.24, 2.45) is 5.92 Å². The van der Waals surface area contributed by atoms with E-state index in [0.717, 1.165) is 12.1 Å². The molecule has 2 aromatic rings. The Morgan fingerprint density at radius 3 is 1.97 bits per heavy atom. The molecule has 0 aliphatic heterocycles. The maximum absolute atomic E-state index is 12.8. The van der Waals surface area contributed by atoms with Gasteiger partial charge in [0.15, 0.2) is 0 Å². The molecule has 0 unspecified atom stereocenters. The van der Waals surface area contributed by atoms with Crippen LogP contribution in [0.5, 0.6) is 0 Å². The number of carbonyl (C=O) groups is 2. The molecule has 2 aromatic carbocycles. The highest BCUT2D eigenvalue weighted by molar-refractivity contribution is 6.33. The van der Waals surface area contributed by atoms with E-state index in [9.17, 15) is 22.8 Å². The summed E-state index contributed by atoms with van der Waals surface area (Å²) in [5, 5.41) is 8.15. The lowest BCUT2D eigenvalue weighted by Crippen LogP contribution is -2.39. The largest absolute Gasteiger partial charge is 0.416 e. The van der Waals surface area contributed by atoms with Crippen molar-refractivity contribution in [2.75, 3.05) is 16.0 Å². The van der Waals surface area contributed by atoms with Crippen LogP contribution in [0.2, 0.25) is 5.02 Å². The van der Waals surface area contributed by atoms with Crippen LogP contribution in [0.25, 0.3) is 0 Å². The van der Waals surface area contributed by atoms with Crippen molar-refractivity contribution in [3.8, 4) is 0 Å². The molecule has 0 saturated carbocycles. The van der Waals surface area contributed by atoms with Crippen LogP contribution in [0.15, 0.2) is 42.5 Å². The van der Waals surface area contributed by atoms with Crippen LogP contribution in [-0.4, -0.2) is 17.9 Å². The molecule has 3 N–H and O–H groups in total. The minimum atomic E-state index is -4.50. The third-order valence-electron chi connectivity index (χ3n) is 4.03. The molecule has 1 atom stereocenters. The van der Waals surface area contributed by atoms with E-state index in [1.807, 2.05) is 0 Å². The van der Waals surface area contributed by atoms with Gasteiger partial charge in [0.05, 0.1) is 16.3 Å². The molecule has 0 aliphatic rings. The summed E-state index contributed by atoms with van der Waals surface area (Å²) in [5.74, 6) is -0.755. The lowest BCUT2D eigenvalue weighted by molar-refractivity contribution is -0.137. The van der Waals surface area contributed by atoms with Gasteiger partial charge < -0.3 is 16.0 Å². The number of rotatable bonds is 6. The highest BCUT2D eigenvalue weighted by atomic mass is 35.5. The van der Waals surface area contributed by atoms with Crippen LogP contribution in [0.1, 0.15) is 26.3 Å². The number of halogens is 4. The summed E-state index contributed by atoms with van der Waals surface area (Å²) in [4.78, 5) is 23.7. The molecule has 0 fully saturated rings. The second-order valence-electron chi connectivity index (χ2n) is 6.81. The first-order chi connectivity index (χ1) is 13.5. The summed E-state index contributed by atoms with van der Waals surface area (Å²) in [6, 6.07) is 8.74. The number of alkyl halides is 3. The number of benzene rings is 2. The standard InChI is InChI=1S/C20H21ClF3N3O2/c1-11(2)18(27-17-9-4-13(10-16(17)21)20(22,23)24)19(29)26-15-7-5-14(6-8-15)25-12(3)28/h4-11,18,27H,1-3H3,(H,25,28)(H,26,29)/t18-/m0/s1. The van der Waals surface area contributed by atoms with Crippen molar-refractivity contribution in [2.45, 2.75) is 33.0 Å². The second-order valence-corrected chi connectivity index (χ2v) is 7.21. The monoisotopic (exact) mass is 427 g/mol. The molecule has 0 bridgehead atoms. The van der Waals surface area contributed by atoms with E-state index in [0.29, 0.717) is 11.4 Å². The Balaban J connectivity index is 2.13. The van der Waals surface area contributed by atoms with E-state index < -0.39 is 17.8 Å². The number of anilines is 3. The molecule has 156 valence electrons. The minimum absolute atomic E-state index is 0.127. The summed E-state index contributed by atoms with van der Waals surface area (Å²) in [6.45, 7) is 4.99. The molecular formula is C20H21ClF3N3O2. The van der Waals surface area contributed by atoms with E-state index in [1.54, 1.807) is 38.1 Å². The zero-order valence-corrected chi connectivity index (χ0v) is 16.8. The minimum Gasteiger partial charge on any atom is -0.372 e. The molecule has 2 amide bonds. The van der Waals surface area contributed by atoms with Crippen LogP contribution < -0.4 is 16.0 Å². The summed E-state index contributed by atoms with van der Waals surface area (Å²) in [6.07, 6.45) is -4.50. The molecule has 2 rings (SSSR count). The van der Waals surface area contributed by atoms with E-state index in [-0.39, 0.29) is 28.4 Å². The number of carbonyl (C=O) groups excluding carboxylic acids is 2. The zero-order chi connectivity index (χ0) is 21.8. The van der Waals surface area contributed by atoms with Crippen LogP contribution >= 0.6 is 11.6 Å².